The Morgan fingerprint density at radius 2 is 1.10 bits per heavy atom. The maximum Gasteiger partial charge on any atom is 0.134 e. The molecule has 29 heavy (non-hydrogen) atoms. The van der Waals surface area contributed by atoms with Crippen molar-refractivity contribution >= 4 is 12.4 Å². The number of aldehydes is 1. The van der Waals surface area contributed by atoms with Crippen molar-refractivity contribution < 1.29 is 14.3 Å². The summed E-state index contributed by atoms with van der Waals surface area (Å²) in [7, 11) is 0. The van der Waals surface area contributed by atoms with Crippen LogP contribution in [0.5, 0.6) is 0 Å². The van der Waals surface area contributed by atoms with Gasteiger partial charge in [0.2, 0.25) is 0 Å². The van der Waals surface area contributed by atoms with E-state index < -0.39 is 5.41 Å². The van der Waals surface area contributed by atoms with Crippen LogP contribution in [0.4, 0.5) is 0 Å². The molecule has 0 spiro atoms. The highest BCUT2D eigenvalue weighted by Gasteiger charge is 2.28. The highest BCUT2D eigenvalue weighted by atomic mass is 16.5. The Hall–Kier alpha value is -3.01. The van der Waals surface area contributed by atoms with Crippen LogP contribution in [0.3, 0.4) is 0 Å². The van der Waals surface area contributed by atoms with Crippen molar-refractivity contribution in [2.24, 2.45) is 5.41 Å². The van der Waals surface area contributed by atoms with Crippen LogP contribution in [0.1, 0.15) is 16.7 Å². The SMILES string of the molecule is O=CC(/C=C/c1ccccc1)(COCc1ccccc1)COCc1ccccc1. The van der Waals surface area contributed by atoms with Gasteiger partial charge in [-0.25, -0.2) is 0 Å². The van der Waals surface area contributed by atoms with Crippen molar-refractivity contribution in [3.8, 4) is 0 Å². The molecular weight excluding hydrogens is 360 g/mol. The lowest BCUT2D eigenvalue weighted by Crippen LogP contribution is -2.32. The Morgan fingerprint density at radius 1 is 0.655 bits per heavy atom. The summed E-state index contributed by atoms with van der Waals surface area (Å²) >= 11 is 0. The molecule has 0 heterocycles. The van der Waals surface area contributed by atoms with Gasteiger partial charge in [-0.1, -0.05) is 103 Å². The second-order valence-corrected chi connectivity index (χ2v) is 7.05. The molecular formula is C26H26O3. The minimum Gasteiger partial charge on any atom is -0.375 e. The van der Waals surface area contributed by atoms with Gasteiger partial charge in [-0.15, -0.1) is 0 Å². The molecule has 3 nitrogen and oxygen atoms in total. The highest BCUT2D eigenvalue weighted by molar-refractivity contribution is 5.67. The molecule has 3 aromatic rings. The lowest BCUT2D eigenvalue weighted by atomic mass is 9.90. The van der Waals surface area contributed by atoms with E-state index in [1.165, 1.54) is 0 Å². The average molecular weight is 386 g/mol. The first-order valence-electron chi connectivity index (χ1n) is 9.74. The van der Waals surface area contributed by atoms with Crippen LogP contribution in [-0.4, -0.2) is 19.5 Å². The van der Waals surface area contributed by atoms with Crippen molar-refractivity contribution in [3.05, 3.63) is 114 Å². The van der Waals surface area contributed by atoms with Crippen LogP contribution in [-0.2, 0) is 27.5 Å². The molecule has 0 radical (unpaired) electrons. The predicted molar refractivity (Wildman–Crippen MR) is 116 cm³/mol. The van der Waals surface area contributed by atoms with Gasteiger partial charge in [0.15, 0.2) is 0 Å². The predicted octanol–water partition coefficient (Wildman–Crippen LogP) is 5.32. The van der Waals surface area contributed by atoms with Gasteiger partial charge in [-0.3, -0.25) is 0 Å². The first-order chi connectivity index (χ1) is 14.3. The quantitative estimate of drug-likeness (QED) is 0.419. The molecule has 0 unspecified atom stereocenters. The molecule has 0 bridgehead atoms. The van der Waals surface area contributed by atoms with E-state index in [-0.39, 0.29) is 13.2 Å². The van der Waals surface area contributed by atoms with E-state index in [4.69, 9.17) is 9.47 Å². The van der Waals surface area contributed by atoms with Crippen molar-refractivity contribution in [1.82, 2.24) is 0 Å². The largest absolute Gasteiger partial charge is 0.375 e. The molecule has 3 rings (SSSR count). The van der Waals surface area contributed by atoms with Gasteiger partial charge >= 0.3 is 0 Å². The van der Waals surface area contributed by atoms with E-state index >= 15 is 0 Å². The molecule has 0 saturated carbocycles. The first-order valence-corrected chi connectivity index (χ1v) is 9.74. The molecule has 0 aliphatic carbocycles. The van der Waals surface area contributed by atoms with Crippen molar-refractivity contribution in [2.45, 2.75) is 13.2 Å². The molecule has 3 aromatic carbocycles. The molecule has 0 aliphatic rings. The first kappa shape index (κ1) is 20.7. The zero-order valence-corrected chi connectivity index (χ0v) is 16.4. The number of carbonyl (C=O) groups is 1. The Labute approximate surface area is 172 Å². The Morgan fingerprint density at radius 3 is 1.55 bits per heavy atom. The standard InChI is InChI=1S/C26H26O3/c27-20-26(17-16-23-10-4-1-5-11-23,21-28-18-24-12-6-2-7-13-24)22-29-19-25-14-8-3-9-15-25/h1-17,20H,18-19,21-22H2/b17-16+. The summed E-state index contributed by atoms with van der Waals surface area (Å²) in [5.41, 5.74) is 2.33. The smallest absolute Gasteiger partial charge is 0.134 e. The van der Waals surface area contributed by atoms with Crippen LogP contribution >= 0.6 is 0 Å². The molecule has 148 valence electrons. The maximum atomic E-state index is 12.1. The van der Waals surface area contributed by atoms with Gasteiger partial charge in [0.05, 0.1) is 31.8 Å². The Bertz CT molecular complexity index is 828. The number of hydrogen-bond donors (Lipinski definition) is 0. The molecule has 0 aromatic heterocycles. The molecule has 3 heteroatoms. The molecule has 0 atom stereocenters. The fourth-order valence-electron chi connectivity index (χ4n) is 2.94. The van der Waals surface area contributed by atoms with E-state index in [1.807, 2.05) is 103 Å². The number of rotatable bonds is 11. The van der Waals surface area contributed by atoms with Crippen LogP contribution < -0.4 is 0 Å². The van der Waals surface area contributed by atoms with Crippen LogP contribution in [0.2, 0.25) is 0 Å². The number of hydrogen-bond acceptors (Lipinski definition) is 3. The van der Waals surface area contributed by atoms with Gasteiger partial charge in [-0.2, -0.15) is 0 Å². The van der Waals surface area contributed by atoms with Crippen molar-refractivity contribution in [1.29, 1.82) is 0 Å². The van der Waals surface area contributed by atoms with Gasteiger partial charge in [0.1, 0.15) is 6.29 Å². The summed E-state index contributed by atoms with van der Waals surface area (Å²) in [4.78, 5) is 12.1. The van der Waals surface area contributed by atoms with Crippen LogP contribution in [0.15, 0.2) is 97.1 Å². The summed E-state index contributed by atoms with van der Waals surface area (Å²) in [6.45, 7) is 1.41. The second kappa shape index (κ2) is 11.1. The lowest BCUT2D eigenvalue weighted by Gasteiger charge is -2.24. The van der Waals surface area contributed by atoms with Gasteiger partial charge < -0.3 is 14.3 Å². The third kappa shape index (κ3) is 6.83. The summed E-state index contributed by atoms with van der Waals surface area (Å²) in [6.07, 6.45) is 4.78. The molecule has 0 aliphatic heterocycles. The van der Waals surface area contributed by atoms with Gasteiger partial charge in [0, 0.05) is 0 Å². The Kier molecular flexibility index (Phi) is 7.93. The summed E-state index contributed by atoms with van der Waals surface area (Å²) in [5, 5.41) is 0. The maximum absolute atomic E-state index is 12.1. The van der Waals surface area contributed by atoms with E-state index in [9.17, 15) is 4.79 Å². The van der Waals surface area contributed by atoms with E-state index in [0.717, 1.165) is 23.0 Å². The van der Waals surface area contributed by atoms with Gasteiger partial charge in [0.25, 0.3) is 0 Å². The third-order valence-electron chi connectivity index (χ3n) is 4.61. The number of ether oxygens (including phenoxy) is 2. The lowest BCUT2D eigenvalue weighted by molar-refractivity contribution is -0.121. The van der Waals surface area contributed by atoms with E-state index in [2.05, 4.69) is 0 Å². The highest BCUT2D eigenvalue weighted by Crippen LogP contribution is 2.21. The summed E-state index contributed by atoms with van der Waals surface area (Å²) in [6, 6.07) is 29.8. The van der Waals surface area contributed by atoms with Crippen LogP contribution in [0, 0.1) is 5.41 Å². The van der Waals surface area contributed by atoms with E-state index in [0.29, 0.717) is 13.2 Å². The molecule has 0 N–H and O–H groups in total. The van der Waals surface area contributed by atoms with Crippen molar-refractivity contribution in [3.63, 3.8) is 0 Å². The molecule has 0 amide bonds. The zero-order valence-electron chi connectivity index (χ0n) is 16.4. The third-order valence-corrected chi connectivity index (χ3v) is 4.61. The fourth-order valence-corrected chi connectivity index (χ4v) is 2.94. The fraction of sp³-hybridized carbons (Fsp3) is 0.192. The minimum absolute atomic E-state index is 0.253. The summed E-state index contributed by atoms with van der Waals surface area (Å²) in [5.74, 6) is 0. The zero-order chi connectivity index (χ0) is 20.2. The second-order valence-electron chi connectivity index (χ2n) is 7.05. The topological polar surface area (TPSA) is 35.5 Å². The number of carbonyl (C=O) groups excluding carboxylic acids is 1. The molecule has 0 fully saturated rings. The Balaban J connectivity index is 1.67. The minimum atomic E-state index is -0.848. The van der Waals surface area contributed by atoms with E-state index in [1.54, 1.807) is 0 Å². The van der Waals surface area contributed by atoms with Crippen molar-refractivity contribution in [2.75, 3.05) is 13.2 Å². The van der Waals surface area contributed by atoms with Crippen LogP contribution in [0.25, 0.3) is 6.08 Å². The normalized spacial score (nSPS) is 11.6. The monoisotopic (exact) mass is 386 g/mol. The average Bonchev–Trinajstić information content (AvgIpc) is 2.79. The number of benzene rings is 3. The van der Waals surface area contributed by atoms with Gasteiger partial charge in [-0.05, 0) is 16.7 Å². The molecule has 0 saturated heterocycles. The summed E-state index contributed by atoms with van der Waals surface area (Å²) < 4.78 is 11.8.